The molecule has 4 N–H and O–H groups in total. The molecule has 2 aliphatic rings. The predicted molar refractivity (Wildman–Crippen MR) is 93.6 cm³/mol. The molecule has 1 saturated heterocycles. The van der Waals surface area contributed by atoms with Gasteiger partial charge in [0.1, 0.15) is 0 Å². The van der Waals surface area contributed by atoms with Gasteiger partial charge in [-0.25, -0.2) is 0 Å². The molecule has 0 spiro atoms. The first-order valence-electron chi connectivity index (χ1n) is 8.94. The molecule has 0 atom stereocenters. The first kappa shape index (κ1) is 16.2. The van der Waals surface area contributed by atoms with E-state index in [0.29, 0.717) is 29.9 Å². The normalized spacial score (nSPS) is 20.9. The molecule has 7 heteroatoms. The monoisotopic (exact) mass is 319 g/mol. The lowest BCUT2D eigenvalue weighted by Gasteiger charge is -2.31. The molecule has 2 heterocycles. The number of hydrogen-bond donors (Lipinski definition) is 3. The molecule has 2 fully saturated rings. The molecule has 0 amide bonds. The molecular formula is C16H29N7. The lowest BCUT2D eigenvalue weighted by atomic mass is 10.1. The van der Waals surface area contributed by atoms with Crippen LogP contribution in [-0.4, -0.2) is 47.2 Å². The van der Waals surface area contributed by atoms with E-state index in [2.05, 4.69) is 37.5 Å². The number of hydrogen-bond acceptors (Lipinski definition) is 7. The number of nitrogen functional groups attached to an aromatic ring is 1. The van der Waals surface area contributed by atoms with Gasteiger partial charge in [0.05, 0.1) is 0 Å². The summed E-state index contributed by atoms with van der Waals surface area (Å²) in [4.78, 5) is 15.4. The Bertz CT molecular complexity index is 493. The molecule has 128 valence electrons. The van der Waals surface area contributed by atoms with Gasteiger partial charge >= 0.3 is 0 Å². The van der Waals surface area contributed by atoms with Crippen LogP contribution in [0.25, 0.3) is 0 Å². The molecule has 1 aliphatic heterocycles. The van der Waals surface area contributed by atoms with Crippen LogP contribution in [-0.2, 0) is 0 Å². The Balaban J connectivity index is 1.70. The van der Waals surface area contributed by atoms with E-state index in [1.54, 1.807) is 0 Å². The highest BCUT2D eigenvalue weighted by atomic mass is 15.3. The van der Waals surface area contributed by atoms with Gasteiger partial charge in [-0.1, -0.05) is 25.7 Å². The average Bonchev–Trinajstić information content (AvgIpc) is 2.83. The summed E-state index contributed by atoms with van der Waals surface area (Å²) in [5.74, 6) is 1.60. The van der Waals surface area contributed by atoms with Crippen molar-refractivity contribution in [2.45, 2.75) is 63.5 Å². The van der Waals surface area contributed by atoms with Crippen molar-refractivity contribution < 1.29 is 0 Å². The van der Waals surface area contributed by atoms with Crippen molar-refractivity contribution in [1.29, 1.82) is 0 Å². The maximum Gasteiger partial charge on any atom is 0.231 e. The number of nitrogens with zero attached hydrogens (tertiary/aromatic N) is 4. The standard InChI is InChI=1S/C16H29N7/c1-23(13-8-10-18-11-9-13)16-21-14(17)20-15(22-16)19-12-6-4-2-3-5-7-12/h12-13,18H,2-11H2,1H3,(H3,17,19,20,21,22). The number of piperidine rings is 1. The summed E-state index contributed by atoms with van der Waals surface area (Å²) < 4.78 is 0. The highest BCUT2D eigenvalue weighted by Crippen LogP contribution is 2.22. The van der Waals surface area contributed by atoms with Crippen LogP contribution in [0.1, 0.15) is 51.4 Å². The average molecular weight is 319 g/mol. The van der Waals surface area contributed by atoms with Crippen molar-refractivity contribution in [1.82, 2.24) is 20.3 Å². The minimum atomic E-state index is 0.298. The molecule has 1 saturated carbocycles. The highest BCUT2D eigenvalue weighted by Gasteiger charge is 2.21. The van der Waals surface area contributed by atoms with Crippen LogP contribution >= 0.6 is 0 Å². The van der Waals surface area contributed by atoms with Crippen LogP contribution in [0.5, 0.6) is 0 Å². The largest absolute Gasteiger partial charge is 0.368 e. The Hall–Kier alpha value is -1.63. The zero-order valence-electron chi connectivity index (χ0n) is 14.1. The fourth-order valence-corrected chi connectivity index (χ4v) is 3.57. The van der Waals surface area contributed by atoms with Crippen molar-refractivity contribution >= 4 is 17.8 Å². The minimum absolute atomic E-state index is 0.298. The quantitative estimate of drug-likeness (QED) is 0.728. The second-order valence-corrected chi connectivity index (χ2v) is 6.74. The van der Waals surface area contributed by atoms with Gasteiger partial charge in [-0.15, -0.1) is 0 Å². The van der Waals surface area contributed by atoms with Gasteiger partial charge in [0.15, 0.2) is 0 Å². The predicted octanol–water partition coefficient (Wildman–Crippen LogP) is 1.78. The summed E-state index contributed by atoms with van der Waals surface area (Å²) in [6.45, 7) is 2.09. The Morgan fingerprint density at radius 2 is 1.70 bits per heavy atom. The number of anilines is 3. The molecule has 7 nitrogen and oxygen atoms in total. The van der Waals surface area contributed by atoms with Gasteiger partial charge in [0.25, 0.3) is 0 Å². The third-order valence-electron chi connectivity index (χ3n) is 5.00. The van der Waals surface area contributed by atoms with Crippen LogP contribution in [0.3, 0.4) is 0 Å². The summed E-state index contributed by atoms with van der Waals surface area (Å²) in [6.07, 6.45) is 9.81. The van der Waals surface area contributed by atoms with Gasteiger partial charge in [-0.3, -0.25) is 0 Å². The molecule has 0 bridgehead atoms. The molecule has 1 aromatic rings. The molecular weight excluding hydrogens is 290 g/mol. The smallest absolute Gasteiger partial charge is 0.231 e. The Morgan fingerprint density at radius 3 is 2.39 bits per heavy atom. The lowest BCUT2D eigenvalue weighted by Crippen LogP contribution is -2.42. The molecule has 1 aliphatic carbocycles. The van der Waals surface area contributed by atoms with Gasteiger partial charge in [-0.05, 0) is 38.8 Å². The number of aromatic nitrogens is 3. The zero-order chi connectivity index (χ0) is 16.1. The highest BCUT2D eigenvalue weighted by molar-refractivity contribution is 5.42. The summed E-state index contributed by atoms with van der Waals surface area (Å²) in [5, 5.41) is 6.87. The van der Waals surface area contributed by atoms with Crippen LogP contribution < -0.4 is 21.3 Å². The molecule has 23 heavy (non-hydrogen) atoms. The molecule has 1 aromatic heterocycles. The van der Waals surface area contributed by atoms with E-state index >= 15 is 0 Å². The number of nitrogens with one attached hydrogen (secondary N) is 2. The van der Waals surface area contributed by atoms with E-state index in [0.717, 1.165) is 25.9 Å². The fraction of sp³-hybridized carbons (Fsp3) is 0.812. The van der Waals surface area contributed by atoms with Crippen molar-refractivity contribution in [2.75, 3.05) is 36.1 Å². The second-order valence-electron chi connectivity index (χ2n) is 6.74. The SMILES string of the molecule is CN(c1nc(N)nc(NC2CCCCCC2)n1)C1CCNCC1. The van der Waals surface area contributed by atoms with E-state index in [4.69, 9.17) is 5.73 Å². The first-order valence-corrected chi connectivity index (χ1v) is 8.94. The zero-order valence-corrected chi connectivity index (χ0v) is 14.1. The van der Waals surface area contributed by atoms with Crippen molar-refractivity contribution in [3.05, 3.63) is 0 Å². The van der Waals surface area contributed by atoms with Crippen LogP contribution in [0.2, 0.25) is 0 Å². The Kier molecular flexibility index (Phi) is 5.48. The van der Waals surface area contributed by atoms with E-state index in [1.807, 2.05) is 0 Å². The van der Waals surface area contributed by atoms with E-state index in [9.17, 15) is 0 Å². The fourth-order valence-electron chi connectivity index (χ4n) is 3.57. The lowest BCUT2D eigenvalue weighted by molar-refractivity contribution is 0.439. The third-order valence-corrected chi connectivity index (χ3v) is 5.00. The minimum Gasteiger partial charge on any atom is -0.368 e. The molecule has 3 rings (SSSR count). The number of rotatable bonds is 4. The van der Waals surface area contributed by atoms with E-state index in [-0.39, 0.29) is 0 Å². The van der Waals surface area contributed by atoms with Crippen molar-refractivity contribution in [3.63, 3.8) is 0 Å². The summed E-state index contributed by atoms with van der Waals surface area (Å²) >= 11 is 0. The van der Waals surface area contributed by atoms with Crippen LogP contribution in [0.4, 0.5) is 17.8 Å². The van der Waals surface area contributed by atoms with Crippen LogP contribution in [0, 0.1) is 0 Å². The summed E-state index contributed by atoms with van der Waals surface area (Å²) in [5.41, 5.74) is 5.92. The van der Waals surface area contributed by atoms with Crippen LogP contribution in [0.15, 0.2) is 0 Å². The van der Waals surface area contributed by atoms with Crippen molar-refractivity contribution in [2.24, 2.45) is 0 Å². The Labute approximate surface area is 138 Å². The third kappa shape index (κ3) is 4.43. The Morgan fingerprint density at radius 1 is 1.00 bits per heavy atom. The number of nitrogens with two attached hydrogens (primary N) is 1. The van der Waals surface area contributed by atoms with Gasteiger partial charge in [0, 0.05) is 19.1 Å². The second kappa shape index (κ2) is 7.77. The van der Waals surface area contributed by atoms with Crippen molar-refractivity contribution in [3.8, 4) is 0 Å². The van der Waals surface area contributed by atoms with Gasteiger partial charge in [0.2, 0.25) is 17.8 Å². The molecule has 0 unspecified atom stereocenters. The maximum absolute atomic E-state index is 5.92. The van der Waals surface area contributed by atoms with E-state index < -0.39 is 0 Å². The van der Waals surface area contributed by atoms with Gasteiger partial charge in [-0.2, -0.15) is 15.0 Å². The summed E-state index contributed by atoms with van der Waals surface area (Å²) in [7, 11) is 2.06. The van der Waals surface area contributed by atoms with E-state index in [1.165, 1.54) is 38.5 Å². The molecule has 0 aromatic carbocycles. The van der Waals surface area contributed by atoms with Gasteiger partial charge < -0.3 is 21.3 Å². The summed E-state index contributed by atoms with van der Waals surface area (Å²) in [6, 6.07) is 0.917. The first-order chi connectivity index (χ1) is 11.2. The maximum atomic E-state index is 5.92. The molecule has 0 radical (unpaired) electrons. The topological polar surface area (TPSA) is 92.0 Å².